The summed E-state index contributed by atoms with van der Waals surface area (Å²) < 4.78 is 27.1. The Hall–Kier alpha value is -0.620. The Morgan fingerprint density at radius 2 is 1.70 bits per heavy atom. The van der Waals surface area contributed by atoms with E-state index in [2.05, 4.69) is 6.92 Å². The predicted octanol–water partition coefficient (Wildman–Crippen LogP) is 1.81. The molecule has 0 aromatic heterocycles. The van der Waals surface area contributed by atoms with Crippen molar-refractivity contribution in [3.8, 4) is 0 Å². The Morgan fingerprint density at radius 1 is 1.09 bits per heavy atom. The van der Waals surface area contributed by atoms with Crippen LogP contribution in [0.1, 0.15) is 32.6 Å². The van der Waals surface area contributed by atoms with Crippen molar-refractivity contribution in [1.82, 2.24) is 4.31 Å². The molecule has 0 amide bonds. The topological polar surface area (TPSA) is 41.8 Å². The normalized spacial score (nSPS) is 27.9. The first kappa shape index (κ1) is 17.2. The quantitative estimate of drug-likeness (QED) is 0.896. The van der Waals surface area contributed by atoms with Gasteiger partial charge in [-0.2, -0.15) is 4.31 Å². The lowest BCUT2D eigenvalue weighted by Gasteiger charge is -2.40. The van der Waals surface area contributed by atoms with Crippen LogP contribution in [0.15, 0.2) is 29.2 Å². The maximum Gasteiger partial charge on any atom is 0.243 e. The largest absolute Gasteiger partial charge is 0.330 e. The van der Waals surface area contributed by atoms with Crippen LogP contribution >= 0.6 is 11.6 Å². The second-order valence-corrected chi connectivity index (χ2v) is 9.26. The summed E-state index contributed by atoms with van der Waals surface area (Å²) in [5.41, 5.74) is 0. The van der Waals surface area contributed by atoms with E-state index in [0.717, 1.165) is 19.0 Å². The van der Waals surface area contributed by atoms with Gasteiger partial charge < -0.3 is 4.90 Å². The van der Waals surface area contributed by atoms with Gasteiger partial charge in [-0.15, -0.1) is 0 Å². The number of rotatable bonds is 3. The van der Waals surface area contributed by atoms with E-state index < -0.39 is 10.0 Å². The summed E-state index contributed by atoms with van der Waals surface area (Å²) in [6, 6.07) is 7.18. The van der Waals surface area contributed by atoms with Crippen molar-refractivity contribution >= 4 is 21.6 Å². The number of benzene rings is 1. The van der Waals surface area contributed by atoms with Crippen LogP contribution in [0.2, 0.25) is 5.02 Å². The Kier molecular flexibility index (Phi) is 5.31. The van der Waals surface area contributed by atoms with E-state index in [0.29, 0.717) is 29.0 Å². The molecule has 3 rings (SSSR count). The molecule has 2 atom stereocenters. The van der Waals surface area contributed by atoms with E-state index in [-0.39, 0.29) is 0 Å². The van der Waals surface area contributed by atoms with Crippen LogP contribution in [0.4, 0.5) is 0 Å². The average Bonchev–Trinajstić information content (AvgIpc) is 2.56. The molecule has 1 aromatic carbocycles. The summed E-state index contributed by atoms with van der Waals surface area (Å²) >= 11 is 5.85. The molecule has 1 aromatic rings. The monoisotopic (exact) mass is 357 g/mol. The molecule has 0 radical (unpaired) electrons. The molecule has 128 valence electrons. The van der Waals surface area contributed by atoms with Gasteiger partial charge in [-0.05, 0) is 43.5 Å². The van der Waals surface area contributed by atoms with E-state index in [9.17, 15) is 8.42 Å². The van der Waals surface area contributed by atoms with Crippen molar-refractivity contribution in [3.63, 3.8) is 0 Å². The van der Waals surface area contributed by atoms with Gasteiger partial charge in [-0.25, -0.2) is 8.42 Å². The average molecular weight is 358 g/mol. The van der Waals surface area contributed by atoms with Gasteiger partial charge in [0.05, 0.1) is 37.1 Å². The minimum atomic E-state index is -3.39. The molecule has 1 aliphatic heterocycles. The van der Waals surface area contributed by atoms with Crippen LogP contribution < -0.4 is 4.90 Å². The highest BCUT2D eigenvalue weighted by molar-refractivity contribution is 7.89. The molecule has 2 aliphatic rings. The maximum absolute atomic E-state index is 12.7. The fourth-order valence-corrected chi connectivity index (χ4v) is 5.63. The smallest absolute Gasteiger partial charge is 0.243 e. The molecule has 6 heteroatoms. The van der Waals surface area contributed by atoms with Crippen molar-refractivity contribution in [2.24, 2.45) is 5.92 Å². The molecule has 4 nitrogen and oxygen atoms in total. The summed E-state index contributed by atoms with van der Waals surface area (Å²) in [7, 11) is -3.39. The van der Waals surface area contributed by atoms with E-state index in [1.165, 1.54) is 25.7 Å². The Morgan fingerprint density at radius 3 is 2.30 bits per heavy atom. The predicted molar refractivity (Wildman–Crippen MR) is 92.3 cm³/mol. The van der Waals surface area contributed by atoms with Gasteiger partial charge in [0, 0.05) is 10.9 Å². The molecule has 1 saturated carbocycles. The first-order chi connectivity index (χ1) is 11.0. The Balaban J connectivity index is 1.65. The maximum atomic E-state index is 12.7. The first-order valence-corrected chi connectivity index (χ1v) is 10.4. The highest BCUT2D eigenvalue weighted by Crippen LogP contribution is 2.23. The summed E-state index contributed by atoms with van der Waals surface area (Å²) in [6.07, 6.45) is 5.29. The lowest BCUT2D eigenvalue weighted by molar-refractivity contribution is -0.933. The minimum Gasteiger partial charge on any atom is -0.330 e. The Bertz CT molecular complexity index is 624. The van der Waals surface area contributed by atoms with Gasteiger partial charge in [-0.1, -0.05) is 24.9 Å². The van der Waals surface area contributed by atoms with E-state index in [1.807, 2.05) is 0 Å². The second-order valence-electron chi connectivity index (χ2n) is 6.88. The zero-order valence-corrected chi connectivity index (χ0v) is 15.2. The molecular formula is C17H26ClN2O2S+. The second kappa shape index (κ2) is 7.09. The molecule has 2 fully saturated rings. The first-order valence-electron chi connectivity index (χ1n) is 8.59. The zero-order chi connectivity index (χ0) is 16.4. The summed E-state index contributed by atoms with van der Waals surface area (Å²) in [5, 5.41) is 0.560. The molecule has 0 unspecified atom stereocenters. The van der Waals surface area contributed by atoms with Gasteiger partial charge in [0.1, 0.15) is 0 Å². The fourth-order valence-electron chi connectivity index (χ4n) is 4.06. The lowest BCUT2D eigenvalue weighted by Crippen LogP contribution is -3.19. The van der Waals surface area contributed by atoms with E-state index in [1.54, 1.807) is 33.5 Å². The van der Waals surface area contributed by atoms with Crippen molar-refractivity contribution in [2.75, 3.05) is 26.2 Å². The van der Waals surface area contributed by atoms with Crippen molar-refractivity contribution < 1.29 is 13.3 Å². The molecular weight excluding hydrogens is 332 g/mol. The highest BCUT2D eigenvalue weighted by Gasteiger charge is 2.36. The van der Waals surface area contributed by atoms with Crippen LogP contribution in [-0.4, -0.2) is 44.9 Å². The zero-order valence-electron chi connectivity index (χ0n) is 13.7. The third kappa shape index (κ3) is 3.73. The summed E-state index contributed by atoms with van der Waals surface area (Å²) in [5.74, 6) is 0.762. The summed E-state index contributed by atoms with van der Waals surface area (Å²) in [6.45, 7) is 5.42. The number of hydrogen-bond acceptors (Lipinski definition) is 2. The van der Waals surface area contributed by atoms with Gasteiger partial charge in [0.25, 0.3) is 0 Å². The molecule has 0 bridgehead atoms. The number of piperazine rings is 1. The standard InChI is InChI=1S/C17H25ClN2O2S/c1-14-4-2-3-5-17(14)19-10-12-20(13-11-19)23(21,22)16-8-6-15(18)7-9-16/h6-9,14,17H,2-5,10-13H2,1H3/p+1/t14-,17-/m0/s1. The number of nitrogens with one attached hydrogen (secondary N) is 1. The molecule has 23 heavy (non-hydrogen) atoms. The van der Waals surface area contributed by atoms with Gasteiger partial charge in [0.2, 0.25) is 10.0 Å². The Labute approximate surface area is 144 Å². The van der Waals surface area contributed by atoms with E-state index >= 15 is 0 Å². The van der Waals surface area contributed by atoms with Gasteiger partial charge >= 0.3 is 0 Å². The van der Waals surface area contributed by atoms with Crippen molar-refractivity contribution in [1.29, 1.82) is 0 Å². The molecule has 1 saturated heterocycles. The third-order valence-electron chi connectivity index (χ3n) is 5.45. The number of sulfonamides is 1. The fraction of sp³-hybridized carbons (Fsp3) is 0.647. The molecule has 1 N–H and O–H groups in total. The number of quaternary nitrogens is 1. The minimum absolute atomic E-state index is 0.344. The number of hydrogen-bond donors (Lipinski definition) is 1. The molecule has 1 aliphatic carbocycles. The highest BCUT2D eigenvalue weighted by atomic mass is 35.5. The molecule has 0 spiro atoms. The number of nitrogens with zero attached hydrogens (tertiary/aromatic N) is 1. The third-order valence-corrected chi connectivity index (χ3v) is 7.62. The molecule has 1 heterocycles. The van der Waals surface area contributed by atoms with Crippen LogP contribution in [-0.2, 0) is 10.0 Å². The number of halogens is 1. The van der Waals surface area contributed by atoms with Crippen LogP contribution in [0.25, 0.3) is 0 Å². The van der Waals surface area contributed by atoms with Crippen LogP contribution in [0.3, 0.4) is 0 Å². The SMILES string of the molecule is C[C@H]1CCCC[C@@H]1[NH+]1CCN(S(=O)(=O)c2ccc(Cl)cc2)CC1. The lowest BCUT2D eigenvalue weighted by atomic mass is 9.84. The van der Waals surface area contributed by atoms with Crippen LogP contribution in [0.5, 0.6) is 0 Å². The van der Waals surface area contributed by atoms with Gasteiger partial charge in [0.15, 0.2) is 0 Å². The summed E-state index contributed by atoms with van der Waals surface area (Å²) in [4.78, 5) is 1.94. The van der Waals surface area contributed by atoms with E-state index in [4.69, 9.17) is 11.6 Å². The van der Waals surface area contributed by atoms with Crippen LogP contribution in [0, 0.1) is 5.92 Å². The van der Waals surface area contributed by atoms with Gasteiger partial charge in [-0.3, -0.25) is 0 Å². The van der Waals surface area contributed by atoms with Crippen molar-refractivity contribution in [2.45, 2.75) is 43.5 Å². The van der Waals surface area contributed by atoms with Crippen molar-refractivity contribution in [3.05, 3.63) is 29.3 Å².